The third kappa shape index (κ3) is 7.95. The fraction of sp³-hybridized carbons (Fsp3) is 0.188. The van der Waals surface area contributed by atoms with Gasteiger partial charge in [0.15, 0.2) is 24.8 Å². The van der Waals surface area contributed by atoms with Gasteiger partial charge in [-0.25, -0.2) is 9.13 Å². The Hall–Kier alpha value is -4.18. The minimum absolute atomic E-state index is 0.626. The fourth-order valence-electron chi connectivity index (χ4n) is 3.76. The van der Waals surface area contributed by atoms with Crippen LogP contribution in [-0.4, -0.2) is 12.4 Å². The summed E-state index contributed by atoms with van der Waals surface area (Å²) in [6, 6.07) is 14.9. The van der Waals surface area contributed by atoms with Gasteiger partial charge in [-0.2, -0.15) is 0 Å². The molecule has 2 heterocycles. The molecule has 0 aliphatic heterocycles. The van der Waals surface area contributed by atoms with E-state index in [2.05, 4.69) is 72.5 Å². The van der Waals surface area contributed by atoms with Gasteiger partial charge in [0.25, 0.3) is 0 Å². The zero-order valence-electron chi connectivity index (χ0n) is 21.6. The van der Waals surface area contributed by atoms with E-state index in [-0.39, 0.29) is 0 Å². The highest BCUT2D eigenvalue weighted by Gasteiger charge is 2.02. The summed E-state index contributed by atoms with van der Waals surface area (Å²) >= 11 is 0. The first-order valence-corrected chi connectivity index (χ1v) is 12.2. The molecule has 0 saturated heterocycles. The van der Waals surface area contributed by atoms with Crippen LogP contribution in [0.4, 0.5) is 0 Å². The van der Waals surface area contributed by atoms with Crippen molar-refractivity contribution in [3.8, 4) is 0 Å². The molecule has 0 saturated carbocycles. The van der Waals surface area contributed by atoms with E-state index in [0.29, 0.717) is 13.1 Å². The zero-order chi connectivity index (χ0) is 25.8. The van der Waals surface area contributed by atoms with Gasteiger partial charge in [0.1, 0.15) is 14.1 Å². The molecule has 4 heteroatoms. The molecule has 36 heavy (non-hydrogen) atoms. The second-order valence-electron chi connectivity index (χ2n) is 8.65. The van der Waals surface area contributed by atoms with Gasteiger partial charge in [0.05, 0.1) is 13.1 Å². The SMILES string of the molecule is C=C/C(=C\C=NCc1cc(CC)cc(CN=C/C=C(\C=C)c2cc[n+](C)cc2)c1)c1cc[n+](C)cc1. The van der Waals surface area contributed by atoms with Gasteiger partial charge in [-0.15, -0.1) is 0 Å². The lowest BCUT2D eigenvalue weighted by molar-refractivity contribution is -0.671. The molecule has 0 unspecified atom stereocenters. The number of pyridine rings is 2. The molecule has 0 amide bonds. The standard InChI is InChI=1S/C32H36N4/c1-6-26-21-27(24-33-15-9-29(7-2)31-11-17-35(4)18-12-31)23-28(22-26)25-34-16-10-30(8-3)32-13-19-36(5)20-14-32/h7-23H,2-3,6,24-25H2,1,4-5H3/q+2/b29-9+,30-10+,33-15?,34-16?. The Balaban J connectivity index is 1.67. The number of nitrogens with zero attached hydrogens (tertiary/aromatic N) is 4. The van der Waals surface area contributed by atoms with Gasteiger partial charge in [-0.3, -0.25) is 9.98 Å². The highest BCUT2D eigenvalue weighted by Crippen LogP contribution is 2.16. The van der Waals surface area contributed by atoms with Crippen LogP contribution in [0.15, 0.2) is 115 Å². The number of aliphatic imine (C=N–C) groups is 2. The lowest BCUT2D eigenvalue weighted by atomic mass is 10.0. The number of benzene rings is 1. The Labute approximate surface area is 215 Å². The van der Waals surface area contributed by atoms with Gasteiger partial charge < -0.3 is 0 Å². The highest BCUT2D eigenvalue weighted by atomic mass is 14.9. The molecule has 3 rings (SSSR count). The maximum Gasteiger partial charge on any atom is 0.169 e. The van der Waals surface area contributed by atoms with Crippen molar-refractivity contribution in [2.75, 3.05) is 0 Å². The van der Waals surface area contributed by atoms with E-state index in [1.54, 1.807) is 0 Å². The minimum atomic E-state index is 0.626. The lowest BCUT2D eigenvalue weighted by Crippen LogP contribution is -2.25. The van der Waals surface area contributed by atoms with E-state index >= 15 is 0 Å². The van der Waals surface area contributed by atoms with Crippen molar-refractivity contribution in [2.45, 2.75) is 26.4 Å². The van der Waals surface area contributed by atoms with Crippen LogP contribution in [0, 0.1) is 0 Å². The molecule has 3 aromatic rings. The number of aryl methyl sites for hydroxylation is 3. The average molecular weight is 477 g/mol. The van der Waals surface area contributed by atoms with Crippen molar-refractivity contribution in [1.82, 2.24) is 0 Å². The summed E-state index contributed by atoms with van der Waals surface area (Å²) in [5, 5.41) is 0. The molecule has 0 radical (unpaired) electrons. The van der Waals surface area contributed by atoms with E-state index in [9.17, 15) is 0 Å². The van der Waals surface area contributed by atoms with Crippen molar-refractivity contribution in [1.29, 1.82) is 0 Å². The van der Waals surface area contributed by atoms with E-state index in [1.807, 2.05) is 84.8 Å². The molecule has 182 valence electrons. The summed E-state index contributed by atoms with van der Waals surface area (Å²) in [6.07, 6.45) is 20.6. The monoisotopic (exact) mass is 476 g/mol. The first-order valence-electron chi connectivity index (χ1n) is 12.2. The Kier molecular flexibility index (Phi) is 10.0. The van der Waals surface area contributed by atoms with Crippen LogP contribution in [0.1, 0.15) is 34.7 Å². The second kappa shape index (κ2) is 13.6. The van der Waals surface area contributed by atoms with Crippen LogP contribution in [0.5, 0.6) is 0 Å². The number of hydrogen-bond donors (Lipinski definition) is 0. The molecule has 0 aliphatic carbocycles. The number of allylic oxidation sites excluding steroid dienone is 6. The van der Waals surface area contributed by atoms with Gasteiger partial charge in [-0.1, -0.05) is 50.4 Å². The predicted octanol–water partition coefficient (Wildman–Crippen LogP) is 5.58. The van der Waals surface area contributed by atoms with Gasteiger partial charge in [0, 0.05) is 36.7 Å². The van der Waals surface area contributed by atoms with E-state index in [4.69, 9.17) is 0 Å². The first kappa shape index (κ1) is 26.4. The molecule has 0 spiro atoms. The molecule has 1 aromatic carbocycles. The van der Waals surface area contributed by atoms with Gasteiger partial charge in [-0.05, 0) is 57.5 Å². The quantitative estimate of drug-likeness (QED) is 0.197. The Bertz CT molecular complexity index is 1190. The van der Waals surface area contributed by atoms with Crippen LogP contribution in [0.25, 0.3) is 11.1 Å². The number of rotatable bonds is 11. The third-order valence-electron chi connectivity index (χ3n) is 5.85. The topological polar surface area (TPSA) is 32.5 Å². The van der Waals surface area contributed by atoms with Gasteiger partial charge in [0.2, 0.25) is 0 Å². The van der Waals surface area contributed by atoms with Crippen molar-refractivity contribution in [2.24, 2.45) is 24.1 Å². The van der Waals surface area contributed by atoms with Crippen molar-refractivity contribution in [3.05, 3.63) is 133 Å². The smallest absolute Gasteiger partial charge is 0.169 e. The molecule has 0 bridgehead atoms. The molecular weight excluding hydrogens is 440 g/mol. The van der Waals surface area contributed by atoms with Crippen LogP contribution < -0.4 is 9.13 Å². The summed E-state index contributed by atoms with van der Waals surface area (Å²) < 4.78 is 4.02. The minimum Gasteiger partial charge on any atom is -0.288 e. The van der Waals surface area contributed by atoms with Crippen LogP contribution in [0.2, 0.25) is 0 Å². The molecule has 0 N–H and O–H groups in total. The van der Waals surface area contributed by atoms with Crippen LogP contribution >= 0.6 is 0 Å². The molecule has 0 fully saturated rings. The molecule has 4 nitrogen and oxygen atoms in total. The van der Waals surface area contributed by atoms with Gasteiger partial charge >= 0.3 is 0 Å². The Morgan fingerprint density at radius 1 is 0.694 bits per heavy atom. The molecule has 2 aromatic heterocycles. The molecule has 0 atom stereocenters. The summed E-state index contributed by atoms with van der Waals surface area (Å²) in [4.78, 5) is 9.29. The highest BCUT2D eigenvalue weighted by molar-refractivity contribution is 5.88. The Morgan fingerprint density at radius 3 is 1.44 bits per heavy atom. The van der Waals surface area contributed by atoms with Crippen LogP contribution in [0.3, 0.4) is 0 Å². The summed E-state index contributed by atoms with van der Waals surface area (Å²) in [5.74, 6) is 0. The zero-order valence-corrected chi connectivity index (χ0v) is 21.6. The van der Waals surface area contributed by atoms with E-state index in [1.165, 1.54) is 16.7 Å². The number of aromatic nitrogens is 2. The Morgan fingerprint density at radius 2 is 1.08 bits per heavy atom. The maximum atomic E-state index is 4.64. The number of hydrogen-bond acceptors (Lipinski definition) is 2. The predicted molar refractivity (Wildman–Crippen MR) is 152 cm³/mol. The maximum absolute atomic E-state index is 4.64. The second-order valence-corrected chi connectivity index (χ2v) is 8.65. The summed E-state index contributed by atoms with van der Waals surface area (Å²) in [5.41, 5.74) is 8.02. The fourth-order valence-corrected chi connectivity index (χ4v) is 3.76. The summed E-state index contributed by atoms with van der Waals surface area (Å²) in [6.45, 7) is 11.3. The van der Waals surface area contributed by atoms with Crippen LogP contribution in [-0.2, 0) is 33.6 Å². The largest absolute Gasteiger partial charge is 0.288 e. The lowest BCUT2D eigenvalue weighted by Gasteiger charge is -2.06. The van der Waals surface area contributed by atoms with E-state index in [0.717, 1.165) is 28.7 Å². The summed E-state index contributed by atoms with van der Waals surface area (Å²) in [7, 11) is 4.01. The van der Waals surface area contributed by atoms with Crippen molar-refractivity contribution in [3.63, 3.8) is 0 Å². The normalized spacial score (nSPS) is 12.4. The molecular formula is C32H36N4+2. The van der Waals surface area contributed by atoms with Crippen molar-refractivity contribution < 1.29 is 9.13 Å². The van der Waals surface area contributed by atoms with Crippen molar-refractivity contribution >= 4 is 23.6 Å². The first-order chi connectivity index (χ1) is 17.5. The van der Waals surface area contributed by atoms with E-state index < -0.39 is 0 Å². The third-order valence-corrected chi connectivity index (χ3v) is 5.85. The molecule has 0 aliphatic rings. The average Bonchev–Trinajstić information content (AvgIpc) is 2.90.